The summed E-state index contributed by atoms with van der Waals surface area (Å²) >= 11 is 0. The average molecular weight is 450 g/mol. The molecule has 2 atom stereocenters. The summed E-state index contributed by atoms with van der Waals surface area (Å²) in [7, 11) is 0. The molecule has 0 radical (unpaired) electrons. The fourth-order valence-corrected chi connectivity index (χ4v) is 4.67. The molecule has 7 nitrogen and oxygen atoms in total. The smallest absolute Gasteiger partial charge is 0.391 e. The second-order valence-electron chi connectivity index (χ2n) is 9.36. The number of aliphatic hydroxyl groups excluding tert-OH is 1. The van der Waals surface area contributed by atoms with Gasteiger partial charge in [-0.1, -0.05) is 13.8 Å². The van der Waals surface area contributed by atoms with Crippen molar-refractivity contribution < 1.29 is 27.9 Å². The Hall–Kier alpha value is -2.88. The van der Waals surface area contributed by atoms with Crippen LogP contribution in [0, 0.1) is 5.41 Å². The number of nitrogens with one attached hydrogen (secondary N) is 1. The quantitative estimate of drug-likeness (QED) is 0.661. The second kappa shape index (κ2) is 7.61. The van der Waals surface area contributed by atoms with Crippen LogP contribution >= 0.6 is 0 Å². The maximum atomic E-state index is 13.7. The lowest BCUT2D eigenvalue weighted by atomic mass is 9.75. The predicted octanol–water partition coefficient (Wildman–Crippen LogP) is 3.47. The molecule has 172 valence electrons. The Morgan fingerprint density at radius 2 is 2.00 bits per heavy atom. The van der Waals surface area contributed by atoms with Crippen LogP contribution in [0.3, 0.4) is 0 Å². The van der Waals surface area contributed by atoms with Crippen molar-refractivity contribution in [2.75, 3.05) is 5.32 Å². The molecule has 1 saturated carbocycles. The van der Waals surface area contributed by atoms with Gasteiger partial charge in [0.05, 0.1) is 34.7 Å². The zero-order valence-corrected chi connectivity index (χ0v) is 17.8. The van der Waals surface area contributed by atoms with Crippen molar-refractivity contribution in [3.05, 3.63) is 40.7 Å². The molecular weight excluding hydrogens is 425 g/mol. The van der Waals surface area contributed by atoms with Crippen molar-refractivity contribution in [1.29, 1.82) is 0 Å². The van der Waals surface area contributed by atoms with E-state index in [0.29, 0.717) is 18.5 Å². The molecule has 0 saturated heterocycles. The molecule has 0 spiro atoms. The van der Waals surface area contributed by atoms with Gasteiger partial charge in [0.15, 0.2) is 11.5 Å². The zero-order chi connectivity index (χ0) is 23.4. The fourth-order valence-electron chi connectivity index (χ4n) is 4.67. The maximum Gasteiger partial charge on any atom is 0.435 e. The van der Waals surface area contributed by atoms with E-state index in [9.17, 15) is 27.9 Å². The van der Waals surface area contributed by atoms with Crippen LogP contribution in [-0.2, 0) is 12.6 Å². The van der Waals surface area contributed by atoms with Crippen molar-refractivity contribution in [1.82, 2.24) is 9.78 Å². The SMILES string of the molecule is CC1(C)CC(=O)c2c(C(F)(F)F)nn(-c3ccc(C(N)=O)c(N[C@H]4CCC[C@H]4O)c3)c2C1. The van der Waals surface area contributed by atoms with E-state index in [-0.39, 0.29) is 35.8 Å². The number of amides is 1. The number of rotatable bonds is 4. The number of carbonyl (C=O) groups is 2. The van der Waals surface area contributed by atoms with Crippen LogP contribution in [0.15, 0.2) is 18.2 Å². The Bertz CT molecular complexity index is 1090. The summed E-state index contributed by atoms with van der Waals surface area (Å²) in [5.74, 6) is -1.29. The van der Waals surface area contributed by atoms with E-state index in [1.54, 1.807) is 0 Å². The largest absolute Gasteiger partial charge is 0.435 e. The summed E-state index contributed by atoms with van der Waals surface area (Å²) in [6.07, 6.45) is -3.05. The summed E-state index contributed by atoms with van der Waals surface area (Å²) in [5, 5.41) is 17.0. The molecule has 2 aromatic rings. The third kappa shape index (κ3) is 3.99. The number of anilines is 1. The fraction of sp³-hybridized carbons (Fsp3) is 0.500. The molecular formula is C22H25F3N4O3. The van der Waals surface area contributed by atoms with Gasteiger partial charge in [0.2, 0.25) is 0 Å². The molecule has 4 rings (SSSR count). The number of primary amides is 1. The molecule has 2 aliphatic rings. The molecule has 10 heteroatoms. The molecule has 1 aromatic heterocycles. The second-order valence-corrected chi connectivity index (χ2v) is 9.36. The van der Waals surface area contributed by atoms with E-state index >= 15 is 0 Å². The van der Waals surface area contributed by atoms with E-state index in [1.807, 2.05) is 13.8 Å². The summed E-state index contributed by atoms with van der Waals surface area (Å²) in [6, 6.07) is 4.06. The third-order valence-corrected chi connectivity index (χ3v) is 6.15. The summed E-state index contributed by atoms with van der Waals surface area (Å²) in [6.45, 7) is 3.65. The zero-order valence-electron chi connectivity index (χ0n) is 17.8. The summed E-state index contributed by atoms with van der Waals surface area (Å²) in [5.41, 5.74) is 4.28. The molecule has 1 amide bonds. The minimum atomic E-state index is -4.78. The monoisotopic (exact) mass is 450 g/mol. The highest BCUT2D eigenvalue weighted by Crippen LogP contribution is 2.42. The van der Waals surface area contributed by atoms with Crippen LogP contribution in [0.25, 0.3) is 5.69 Å². The van der Waals surface area contributed by atoms with Crippen LogP contribution < -0.4 is 11.1 Å². The Labute approximate surface area is 182 Å². The number of carbonyl (C=O) groups excluding carboxylic acids is 2. The molecule has 0 aliphatic heterocycles. The van der Waals surface area contributed by atoms with Crippen LogP contribution in [0.5, 0.6) is 0 Å². The van der Waals surface area contributed by atoms with Crippen molar-refractivity contribution in [2.24, 2.45) is 11.1 Å². The Balaban J connectivity index is 1.86. The lowest BCUT2D eigenvalue weighted by Gasteiger charge is -2.29. The van der Waals surface area contributed by atoms with Gasteiger partial charge in [0.25, 0.3) is 5.91 Å². The summed E-state index contributed by atoms with van der Waals surface area (Å²) < 4.78 is 42.2. The Morgan fingerprint density at radius 1 is 1.28 bits per heavy atom. The van der Waals surface area contributed by atoms with Gasteiger partial charge >= 0.3 is 6.18 Å². The van der Waals surface area contributed by atoms with Gasteiger partial charge in [-0.15, -0.1) is 0 Å². The van der Waals surface area contributed by atoms with E-state index in [0.717, 1.165) is 11.1 Å². The lowest BCUT2D eigenvalue weighted by molar-refractivity contribution is -0.141. The van der Waals surface area contributed by atoms with Gasteiger partial charge in [0, 0.05) is 12.1 Å². The molecule has 0 bridgehead atoms. The number of nitrogens with zero attached hydrogens (tertiary/aromatic N) is 2. The number of nitrogens with two attached hydrogens (primary N) is 1. The number of hydrogen-bond acceptors (Lipinski definition) is 5. The van der Waals surface area contributed by atoms with Crippen molar-refractivity contribution in [3.63, 3.8) is 0 Å². The van der Waals surface area contributed by atoms with Crippen LogP contribution in [0.2, 0.25) is 0 Å². The van der Waals surface area contributed by atoms with Crippen LogP contribution in [0.1, 0.15) is 71.6 Å². The van der Waals surface area contributed by atoms with Crippen molar-refractivity contribution in [2.45, 2.75) is 64.3 Å². The van der Waals surface area contributed by atoms with Crippen LogP contribution in [-0.4, -0.2) is 38.7 Å². The molecule has 1 fully saturated rings. The Morgan fingerprint density at radius 3 is 2.59 bits per heavy atom. The van der Waals surface area contributed by atoms with E-state index in [1.165, 1.54) is 18.2 Å². The first kappa shape index (κ1) is 22.3. The molecule has 1 aromatic carbocycles. The number of halogens is 3. The maximum absolute atomic E-state index is 13.7. The Kier molecular flexibility index (Phi) is 5.31. The van der Waals surface area contributed by atoms with Crippen LogP contribution in [0.4, 0.5) is 18.9 Å². The van der Waals surface area contributed by atoms with E-state index in [2.05, 4.69) is 10.4 Å². The lowest BCUT2D eigenvalue weighted by Crippen LogP contribution is -2.30. The van der Waals surface area contributed by atoms with Gasteiger partial charge in [-0.3, -0.25) is 9.59 Å². The van der Waals surface area contributed by atoms with Crippen molar-refractivity contribution >= 4 is 17.4 Å². The average Bonchev–Trinajstić information content (AvgIpc) is 3.24. The number of alkyl halides is 3. The minimum Gasteiger partial charge on any atom is -0.391 e. The number of ketones is 1. The molecule has 0 unspecified atom stereocenters. The standard InChI is InChI=1S/C22H25F3N4O3/c1-21(2)9-15-18(17(31)10-21)19(22(23,24)25)28-29(15)11-6-7-12(20(26)32)14(8-11)27-13-4-3-5-16(13)30/h6-8,13,16,27,30H,3-5,9-10H2,1-2H3,(H2,26,32)/t13-,16+/m0/s1. The topological polar surface area (TPSA) is 110 Å². The number of fused-ring (bicyclic) bond motifs is 1. The normalized spacial score (nSPS) is 22.6. The summed E-state index contributed by atoms with van der Waals surface area (Å²) in [4.78, 5) is 24.6. The van der Waals surface area contributed by atoms with Crippen molar-refractivity contribution in [3.8, 4) is 5.69 Å². The third-order valence-electron chi connectivity index (χ3n) is 6.15. The minimum absolute atomic E-state index is 0.00175. The highest BCUT2D eigenvalue weighted by atomic mass is 19.4. The number of aliphatic hydroxyl groups is 1. The molecule has 2 aliphatic carbocycles. The number of Topliss-reactive ketones (excluding diaryl/α,β-unsaturated/α-hetero) is 1. The van der Waals surface area contributed by atoms with E-state index < -0.39 is 40.6 Å². The van der Waals surface area contributed by atoms with Gasteiger partial charge in [-0.2, -0.15) is 18.3 Å². The first-order valence-corrected chi connectivity index (χ1v) is 10.5. The first-order valence-electron chi connectivity index (χ1n) is 10.5. The first-order chi connectivity index (χ1) is 14.9. The highest BCUT2D eigenvalue weighted by Gasteiger charge is 2.45. The number of aromatic nitrogens is 2. The van der Waals surface area contributed by atoms with E-state index in [4.69, 9.17) is 5.73 Å². The van der Waals surface area contributed by atoms with Gasteiger partial charge in [0.1, 0.15) is 0 Å². The van der Waals surface area contributed by atoms with Gasteiger partial charge in [-0.05, 0) is 49.3 Å². The van der Waals surface area contributed by atoms with Gasteiger partial charge in [-0.25, -0.2) is 4.68 Å². The predicted molar refractivity (Wildman–Crippen MR) is 111 cm³/mol. The highest BCUT2D eigenvalue weighted by molar-refractivity contribution is 6.00. The molecule has 4 N–H and O–H groups in total. The number of hydrogen-bond donors (Lipinski definition) is 3. The number of benzene rings is 1. The van der Waals surface area contributed by atoms with Gasteiger partial charge < -0.3 is 16.2 Å². The molecule has 32 heavy (non-hydrogen) atoms. The molecule has 1 heterocycles.